The molecule has 3 aliphatic carbocycles. The van der Waals surface area contributed by atoms with Crippen molar-refractivity contribution in [2.45, 2.75) is 32.3 Å². The largest absolute Gasteiger partial charge is 0.459 e. The van der Waals surface area contributed by atoms with Crippen LogP contribution in [0, 0.1) is 23.7 Å². The van der Waals surface area contributed by atoms with Crippen LogP contribution in [0.2, 0.25) is 0 Å². The third-order valence-corrected chi connectivity index (χ3v) is 4.56. The number of esters is 1. The van der Waals surface area contributed by atoms with E-state index >= 15 is 0 Å². The molecule has 0 amide bonds. The maximum absolute atomic E-state index is 11.5. The molecule has 0 radical (unpaired) electrons. The zero-order valence-corrected chi connectivity index (χ0v) is 9.69. The number of rotatable bonds is 2. The van der Waals surface area contributed by atoms with Gasteiger partial charge in [-0.15, -0.1) is 0 Å². The highest BCUT2D eigenvalue weighted by Crippen LogP contribution is 2.57. The second-order valence-electron chi connectivity index (χ2n) is 5.52. The van der Waals surface area contributed by atoms with Crippen molar-refractivity contribution in [3.8, 4) is 0 Å². The van der Waals surface area contributed by atoms with Gasteiger partial charge in [-0.2, -0.15) is 0 Å². The van der Waals surface area contributed by atoms with Crippen molar-refractivity contribution in [3.63, 3.8) is 0 Å². The van der Waals surface area contributed by atoms with Gasteiger partial charge in [0.1, 0.15) is 6.10 Å². The standard InChI is InChI=1S/C14H18O2/c1-8(2)14(15)16-13-7-9-6-12(13)11-5-3-4-10(9)11/h3,5,9-13H,1,4,6-7H2,2H3. The molecule has 0 aromatic carbocycles. The van der Waals surface area contributed by atoms with Crippen molar-refractivity contribution in [3.05, 3.63) is 24.3 Å². The van der Waals surface area contributed by atoms with E-state index in [-0.39, 0.29) is 12.1 Å². The Kier molecular flexibility index (Phi) is 2.20. The molecule has 0 heterocycles. The molecule has 2 bridgehead atoms. The second kappa shape index (κ2) is 3.47. The summed E-state index contributed by atoms with van der Waals surface area (Å²) in [6.07, 6.45) is 8.37. The summed E-state index contributed by atoms with van der Waals surface area (Å²) in [6.45, 7) is 5.35. The number of carbonyl (C=O) groups is 1. The molecule has 0 N–H and O–H groups in total. The molecule has 86 valence electrons. The van der Waals surface area contributed by atoms with Crippen LogP contribution in [-0.4, -0.2) is 12.1 Å². The minimum atomic E-state index is -0.212. The van der Waals surface area contributed by atoms with E-state index in [4.69, 9.17) is 4.74 Å². The first-order chi connectivity index (χ1) is 7.66. The van der Waals surface area contributed by atoms with Crippen molar-refractivity contribution < 1.29 is 9.53 Å². The van der Waals surface area contributed by atoms with Crippen molar-refractivity contribution >= 4 is 5.97 Å². The van der Waals surface area contributed by atoms with Gasteiger partial charge in [0, 0.05) is 11.5 Å². The fraction of sp³-hybridized carbons (Fsp3) is 0.643. The molecule has 2 fully saturated rings. The lowest BCUT2D eigenvalue weighted by Gasteiger charge is -2.30. The van der Waals surface area contributed by atoms with Crippen molar-refractivity contribution in [2.75, 3.05) is 0 Å². The first kappa shape index (κ1) is 10.1. The van der Waals surface area contributed by atoms with Crippen LogP contribution in [0.15, 0.2) is 24.3 Å². The Hall–Kier alpha value is -1.05. The molecule has 0 saturated heterocycles. The van der Waals surface area contributed by atoms with Gasteiger partial charge in [0.25, 0.3) is 0 Å². The molecule has 16 heavy (non-hydrogen) atoms. The second-order valence-corrected chi connectivity index (χ2v) is 5.52. The summed E-state index contributed by atoms with van der Waals surface area (Å²) < 4.78 is 5.54. The monoisotopic (exact) mass is 218 g/mol. The molecule has 2 nitrogen and oxygen atoms in total. The van der Waals surface area contributed by atoms with E-state index in [1.54, 1.807) is 6.92 Å². The average Bonchev–Trinajstić information content (AvgIpc) is 2.87. The zero-order chi connectivity index (χ0) is 11.3. The normalized spacial score (nSPS) is 43.4. The van der Waals surface area contributed by atoms with Crippen molar-refractivity contribution in [2.24, 2.45) is 23.7 Å². The number of hydrogen-bond donors (Lipinski definition) is 0. The minimum absolute atomic E-state index is 0.151. The Balaban J connectivity index is 1.70. The van der Waals surface area contributed by atoms with E-state index in [0.717, 1.165) is 18.3 Å². The minimum Gasteiger partial charge on any atom is -0.459 e. The lowest BCUT2D eigenvalue weighted by Crippen LogP contribution is -2.32. The Morgan fingerprint density at radius 1 is 1.38 bits per heavy atom. The highest BCUT2D eigenvalue weighted by molar-refractivity contribution is 5.87. The molecular formula is C14H18O2. The summed E-state index contributed by atoms with van der Waals surface area (Å²) in [5, 5.41) is 0. The lowest BCUT2D eigenvalue weighted by atomic mass is 9.80. The smallest absolute Gasteiger partial charge is 0.333 e. The van der Waals surface area contributed by atoms with E-state index in [0.29, 0.717) is 17.4 Å². The topological polar surface area (TPSA) is 26.3 Å². The van der Waals surface area contributed by atoms with E-state index in [1.165, 1.54) is 12.8 Å². The van der Waals surface area contributed by atoms with Gasteiger partial charge in [0.15, 0.2) is 0 Å². The van der Waals surface area contributed by atoms with Gasteiger partial charge in [0.2, 0.25) is 0 Å². The zero-order valence-electron chi connectivity index (χ0n) is 9.69. The van der Waals surface area contributed by atoms with Crippen molar-refractivity contribution in [1.29, 1.82) is 0 Å². The molecule has 0 aliphatic heterocycles. The number of hydrogen-bond acceptors (Lipinski definition) is 2. The third kappa shape index (κ3) is 1.35. The van der Waals surface area contributed by atoms with Gasteiger partial charge in [-0.3, -0.25) is 0 Å². The highest BCUT2D eigenvalue weighted by atomic mass is 16.5. The predicted octanol–water partition coefficient (Wildman–Crippen LogP) is 2.71. The number of fused-ring (bicyclic) bond motifs is 5. The van der Waals surface area contributed by atoms with E-state index in [2.05, 4.69) is 18.7 Å². The summed E-state index contributed by atoms with van der Waals surface area (Å²) in [5.41, 5.74) is 0.515. The molecule has 2 heteroatoms. The van der Waals surface area contributed by atoms with Crippen LogP contribution < -0.4 is 0 Å². The van der Waals surface area contributed by atoms with Crippen LogP contribution in [0.3, 0.4) is 0 Å². The highest BCUT2D eigenvalue weighted by Gasteiger charge is 2.53. The van der Waals surface area contributed by atoms with E-state index in [1.807, 2.05) is 0 Å². The van der Waals surface area contributed by atoms with Crippen LogP contribution in [-0.2, 0) is 9.53 Å². The number of ether oxygens (including phenoxy) is 1. The molecule has 0 aromatic rings. The predicted molar refractivity (Wildman–Crippen MR) is 61.6 cm³/mol. The molecular weight excluding hydrogens is 200 g/mol. The van der Waals surface area contributed by atoms with Gasteiger partial charge in [-0.1, -0.05) is 18.7 Å². The SMILES string of the molecule is C=C(C)C(=O)OC1CC2CC1C1C=CCC21. The van der Waals surface area contributed by atoms with Crippen LogP contribution in [0.25, 0.3) is 0 Å². The molecule has 5 unspecified atom stereocenters. The number of carbonyl (C=O) groups excluding carboxylic acids is 1. The quantitative estimate of drug-likeness (QED) is 0.404. The van der Waals surface area contributed by atoms with Gasteiger partial charge in [-0.05, 0) is 43.9 Å². The third-order valence-electron chi connectivity index (χ3n) is 4.56. The average molecular weight is 218 g/mol. The van der Waals surface area contributed by atoms with Crippen LogP contribution in [0.4, 0.5) is 0 Å². The molecule has 5 atom stereocenters. The van der Waals surface area contributed by atoms with E-state index < -0.39 is 0 Å². The van der Waals surface area contributed by atoms with Gasteiger partial charge in [-0.25, -0.2) is 4.79 Å². The Morgan fingerprint density at radius 3 is 2.94 bits per heavy atom. The summed E-state index contributed by atoms with van der Waals surface area (Å²) in [6, 6.07) is 0. The fourth-order valence-electron chi connectivity index (χ4n) is 3.86. The lowest BCUT2D eigenvalue weighted by molar-refractivity contribution is -0.147. The number of allylic oxidation sites excluding steroid dienone is 2. The van der Waals surface area contributed by atoms with Crippen LogP contribution in [0.5, 0.6) is 0 Å². The maximum Gasteiger partial charge on any atom is 0.333 e. The summed E-state index contributed by atoms with van der Waals surface area (Å²) in [4.78, 5) is 11.5. The van der Waals surface area contributed by atoms with Crippen molar-refractivity contribution in [1.82, 2.24) is 0 Å². The van der Waals surface area contributed by atoms with Crippen LogP contribution in [0.1, 0.15) is 26.2 Å². The Labute approximate surface area is 96.4 Å². The maximum atomic E-state index is 11.5. The molecule has 2 saturated carbocycles. The Bertz CT molecular complexity index is 369. The molecule has 3 rings (SSSR count). The molecule has 0 spiro atoms. The summed E-state index contributed by atoms with van der Waals surface area (Å²) >= 11 is 0. The molecule has 0 aromatic heterocycles. The van der Waals surface area contributed by atoms with Gasteiger partial charge < -0.3 is 4.74 Å². The van der Waals surface area contributed by atoms with Gasteiger partial charge in [0.05, 0.1) is 0 Å². The van der Waals surface area contributed by atoms with Crippen LogP contribution >= 0.6 is 0 Å². The first-order valence-electron chi connectivity index (χ1n) is 6.20. The fourth-order valence-corrected chi connectivity index (χ4v) is 3.86. The first-order valence-corrected chi connectivity index (χ1v) is 6.20. The summed E-state index contributed by atoms with van der Waals surface area (Å²) in [7, 11) is 0. The van der Waals surface area contributed by atoms with Gasteiger partial charge >= 0.3 is 5.97 Å². The van der Waals surface area contributed by atoms with E-state index in [9.17, 15) is 4.79 Å². The Morgan fingerprint density at radius 2 is 2.19 bits per heavy atom. The summed E-state index contributed by atoms with van der Waals surface area (Å²) in [5.74, 6) is 2.69. The molecule has 3 aliphatic rings.